The number of aryl methyl sites for hydroxylation is 1. The molecule has 0 atom stereocenters. The molecule has 0 fully saturated rings. The molecule has 4 aromatic rings. The lowest BCUT2D eigenvalue weighted by Gasteiger charge is -2.17. The minimum Gasteiger partial charge on any atom is -0.489 e. The zero-order valence-corrected chi connectivity index (χ0v) is 18.3. The number of ether oxygens (including phenoxy) is 1. The number of anilines is 1. The van der Waals surface area contributed by atoms with Crippen molar-refractivity contribution in [3.63, 3.8) is 0 Å². The van der Waals surface area contributed by atoms with Crippen LogP contribution in [0.15, 0.2) is 83.3 Å². The second-order valence-corrected chi connectivity index (χ2v) is 8.20. The molecule has 29 heavy (non-hydrogen) atoms. The lowest BCUT2D eigenvalue weighted by Crippen LogP contribution is -2.06. The van der Waals surface area contributed by atoms with Gasteiger partial charge in [0.1, 0.15) is 12.4 Å². The van der Waals surface area contributed by atoms with Gasteiger partial charge in [0.25, 0.3) is 0 Å². The molecule has 0 heterocycles. The molecule has 4 aromatic carbocycles. The van der Waals surface area contributed by atoms with Crippen LogP contribution in [0.25, 0.3) is 10.8 Å². The van der Waals surface area contributed by atoms with Gasteiger partial charge in [-0.05, 0) is 65.6 Å². The molecule has 0 aliphatic rings. The first-order chi connectivity index (χ1) is 14.1. The maximum Gasteiger partial charge on any atom is 0.125 e. The molecule has 0 unspecified atom stereocenters. The number of nitrogens with one attached hydrogen (secondary N) is 1. The Balaban J connectivity index is 1.63. The van der Waals surface area contributed by atoms with E-state index >= 15 is 0 Å². The van der Waals surface area contributed by atoms with E-state index in [0.29, 0.717) is 13.2 Å². The second kappa shape index (κ2) is 8.71. The summed E-state index contributed by atoms with van der Waals surface area (Å²) in [7, 11) is 0. The van der Waals surface area contributed by atoms with Crippen LogP contribution in [0, 0.1) is 13.8 Å². The van der Waals surface area contributed by atoms with E-state index in [1.54, 1.807) is 0 Å². The summed E-state index contributed by atoms with van der Waals surface area (Å²) in [6.07, 6.45) is 0. The summed E-state index contributed by atoms with van der Waals surface area (Å²) in [5.74, 6) is 0.921. The molecule has 0 aliphatic heterocycles. The van der Waals surface area contributed by atoms with Gasteiger partial charge in [-0.1, -0.05) is 70.5 Å². The lowest BCUT2D eigenvalue weighted by molar-refractivity contribution is 0.304. The van der Waals surface area contributed by atoms with Crippen molar-refractivity contribution in [1.29, 1.82) is 0 Å². The highest BCUT2D eigenvalue weighted by molar-refractivity contribution is 9.10. The summed E-state index contributed by atoms with van der Waals surface area (Å²) in [4.78, 5) is 0. The van der Waals surface area contributed by atoms with Crippen LogP contribution in [0.1, 0.15) is 22.3 Å². The average molecular weight is 446 g/mol. The van der Waals surface area contributed by atoms with E-state index in [1.807, 2.05) is 12.1 Å². The molecule has 1 N–H and O–H groups in total. The molecule has 0 saturated heterocycles. The van der Waals surface area contributed by atoms with Crippen molar-refractivity contribution in [2.75, 3.05) is 5.32 Å². The first-order valence-corrected chi connectivity index (χ1v) is 10.6. The van der Waals surface area contributed by atoms with Crippen molar-refractivity contribution in [3.8, 4) is 5.75 Å². The van der Waals surface area contributed by atoms with Crippen LogP contribution in [-0.4, -0.2) is 0 Å². The minimum atomic E-state index is 0.544. The third-order valence-corrected chi connectivity index (χ3v) is 5.89. The maximum absolute atomic E-state index is 6.26. The first kappa shape index (κ1) is 19.5. The van der Waals surface area contributed by atoms with Gasteiger partial charge in [0.15, 0.2) is 0 Å². The van der Waals surface area contributed by atoms with Crippen LogP contribution in [-0.2, 0) is 13.2 Å². The van der Waals surface area contributed by atoms with Crippen LogP contribution in [0.4, 0.5) is 5.69 Å². The number of hydrogen-bond donors (Lipinski definition) is 1. The Morgan fingerprint density at radius 1 is 0.828 bits per heavy atom. The van der Waals surface area contributed by atoms with Crippen LogP contribution >= 0.6 is 15.9 Å². The van der Waals surface area contributed by atoms with Crippen LogP contribution < -0.4 is 10.1 Å². The van der Waals surface area contributed by atoms with Gasteiger partial charge >= 0.3 is 0 Å². The Bertz CT molecular complexity index is 1140. The predicted molar refractivity (Wildman–Crippen MR) is 126 cm³/mol. The van der Waals surface area contributed by atoms with Gasteiger partial charge in [-0.25, -0.2) is 0 Å². The number of benzene rings is 4. The van der Waals surface area contributed by atoms with Crippen molar-refractivity contribution in [2.45, 2.75) is 27.0 Å². The van der Waals surface area contributed by atoms with E-state index in [0.717, 1.165) is 21.5 Å². The zero-order chi connectivity index (χ0) is 20.2. The highest BCUT2D eigenvalue weighted by atomic mass is 79.9. The third kappa shape index (κ3) is 4.46. The summed E-state index contributed by atoms with van der Waals surface area (Å²) >= 11 is 3.48. The highest BCUT2D eigenvalue weighted by Gasteiger charge is 2.10. The molecule has 4 rings (SSSR count). The van der Waals surface area contributed by atoms with Gasteiger partial charge in [0.2, 0.25) is 0 Å². The lowest BCUT2D eigenvalue weighted by atomic mass is 10.0. The maximum atomic E-state index is 6.26. The van der Waals surface area contributed by atoms with E-state index in [1.165, 1.54) is 27.5 Å². The standard InChI is InChI=1S/C26H24BrNO/c1-18-6-5-9-25(19(18)2)28-16-24-23-8-4-3-7-21(23)12-15-26(24)29-17-20-10-13-22(27)14-11-20/h3-15,28H,16-17H2,1-2H3. The fourth-order valence-corrected chi connectivity index (χ4v) is 3.77. The van der Waals surface area contributed by atoms with E-state index in [4.69, 9.17) is 4.74 Å². The molecule has 0 radical (unpaired) electrons. The van der Waals surface area contributed by atoms with Gasteiger partial charge < -0.3 is 10.1 Å². The van der Waals surface area contributed by atoms with Crippen molar-refractivity contribution in [2.24, 2.45) is 0 Å². The minimum absolute atomic E-state index is 0.544. The molecule has 3 heteroatoms. The van der Waals surface area contributed by atoms with E-state index in [-0.39, 0.29) is 0 Å². The fourth-order valence-electron chi connectivity index (χ4n) is 3.50. The number of halogens is 1. The van der Waals surface area contributed by atoms with E-state index < -0.39 is 0 Å². The van der Waals surface area contributed by atoms with Crippen molar-refractivity contribution < 1.29 is 4.74 Å². The summed E-state index contributed by atoms with van der Waals surface area (Å²) in [5, 5.41) is 6.07. The van der Waals surface area contributed by atoms with Crippen LogP contribution in [0.3, 0.4) is 0 Å². The Kier molecular flexibility index (Phi) is 5.86. The largest absolute Gasteiger partial charge is 0.489 e. The summed E-state index contributed by atoms with van der Waals surface area (Å²) < 4.78 is 7.33. The van der Waals surface area contributed by atoms with E-state index in [2.05, 4.69) is 102 Å². The SMILES string of the molecule is Cc1cccc(NCc2c(OCc3ccc(Br)cc3)ccc3ccccc23)c1C. The zero-order valence-electron chi connectivity index (χ0n) is 16.7. The Labute approximate surface area is 180 Å². The number of fused-ring (bicyclic) bond motifs is 1. The average Bonchev–Trinajstić information content (AvgIpc) is 2.74. The van der Waals surface area contributed by atoms with Gasteiger partial charge in [0, 0.05) is 22.3 Å². The van der Waals surface area contributed by atoms with Gasteiger partial charge in [-0.2, -0.15) is 0 Å². The van der Waals surface area contributed by atoms with Crippen LogP contribution in [0.2, 0.25) is 0 Å². The molecule has 146 valence electrons. The van der Waals surface area contributed by atoms with Gasteiger partial charge in [-0.3, -0.25) is 0 Å². The molecule has 0 bridgehead atoms. The fraction of sp³-hybridized carbons (Fsp3) is 0.154. The van der Waals surface area contributed by atoms with Crippen molar-refractivity contribution in [1.82, 2.24) is 0 Å². The van der Waals surface area contributed by atoms with Gasteiger partial charge in [-0.15, -0.1) is 0 Å². The molecule has 0 aromatic heterocycles. The van der Waals surface area contributed by atoms with Gasteiger partial charge in [0.05, 0.1) is 0 Å². The Hall–Kier alpha value is -2.78. The quantitative estimate of drug-likeness (QED) is 0.333. The molecular weight excluding hydrogens is 422 g/mol. The number of hydrogen-bond acceptors (Lipinski definition) is 2. The summed E-state index contributed by atoms with van der Waals surface area (Å²) in [6, 6.07) is 27.3. The normalized spacial score (nSPS) is 10.9. The third-order valence-electron chi connectivity index (χ3n) is 5.37. The molecule has 0 amide bonds. The van der Waals surface area contributed by atoms with E-state index in [9.17, 15) is 0 Å². The summed E-state index contributed by atoms with van der Waals surface area (Å²) in [5.41, 5.74) is 6.07. The topological polar surface area (TPSA) is 21.3 Å². The Morgan fingerprint density at radius 3 is 2.45 bits per heavy atom. The molecule has 0 spiro atoms. The molecule has 0 aliphatic carbocycles. The predicted octanol–water partition coefficient (Wildman–Crippen LogP) is 7.41. The monoisotopic (exact) mass is 445 g/mol. The number of rotatable bonds is 6. The highest BCUT2D eigenvalue weighted by Crippen LogP contribution is 2.30. The Morgan fingerprint density at radius 2 is 1.62 bits per heavy atom. The molecule has 0 saturated carbocycles. The van der Waals surface area contributed by atoms with Crippen molar-refractivity contribution >= 4 is 32.4 Å². The van der Waals surface area contributed by atoms with Crippen molar-refractivity contribution in [3.05, 3.63) is 106 Å². The molecule has 2 nitrogen and oxygen atoms in total. The summed E-state index contributed by atoms with van der Waals surface area (Å²) in [6.45, 7) is 5.56. The second-order valence-electron chi connectivity index (χ2n) is 7.28. The van der Waals surface area contributed by atoms with Crippen LogP contribution in [0.5, 0.6) is 5.75 Å². The first-order valence-electron chi connectivity index (χ1n) is 9.80. The molecular formula is C26H24BrNO. The smallest absolute Gasteiger partial charge is 0.125 e.